The van der Waals surface area contributed by atoms with Crippen molar-refractivity contribution in [3.63, 3.8) is 0 Å². The van der Waals surface area contributed by atoms with Gasteiger partial charge in [0, 0.05) is 18.8 Å². The van der Waals surface area contributed by atoms with Crippen LogP contribution in [0.15, 0.2) is 103 Å². The fourth-order valence-corrected chi connectivity index (χ4v) is 5.89. The van der Waals surface area contributed by atoms with Gasteiger partial charge < -0.3 is 4.74 Å². The monoisotopic (exact) mass is 461 g/mol. The third-order valence-corrected chi connectivity index (χ3v) is 7.19. The molecule has 2 bridgehead atoms. The molecule has 5 heteroatoms. The maximum atomic E-state index is 13.7. The van der Waals surface area contributed by atoms with Crippen LogP contribution in [0.25, 0.3) is 5.57 Å². The van der Waals surface area contributed by atoms with Gasteiger partial charge in [-0.2, -0.15) is 0 Å². The summed E-state index contributed by atoms with van der Waals surface area (Å²) in [5.74, 6) is -1.46. The molecule has 0 aromatic heterocycles. The molecule has 0 unspecified atom stereocenters. The molecule has 4 atom stereocenters. The summed E-state index contributed by atoms with van der Waals surface area (Å²) in [5, 5.41) is 0. The molecule has 0 radical (unpaired) electrons. The zero-order valence-electron chi connectivity index (χ0n) is 19.1. The van der Waals surface area contributed by atoms with Crippen LogP contribution in [0.1, 0.15) is 18.1 Å². The quantitative estimate of drug-likeness (QED) is 0.236. The Morgan fingerprint density at radius 3 is 1.66 bits per heavy atom. The molecule has 172 valence electrons. The predicted molar refractivity (Wildman–Crippen MR) is 132 cm³/mol. The highest BCUT2D eigenvalue weighted by Crippen LogP contribution is 2.58. The van der Waals surface area contributed by atoms with Crippen molar-refractivity contribution in [1.82, 2.24) is 0 Å². The molecule has 1 saturated carbocycles. The standard InChI is InChI=1S/C30H23NO4/c1-18(32)35-22-14-12-21(13-15-22)31-29(33)27-23-16-17-24(28(27)30(31)34)26(23)25(19-8-4-2-5-9-19)20-10-6-3-7-11-20/h2-17,23-24,27-28H,1H3/t23-,24-,27-,28+/m1/s1. The summed E-state index contributed by atoms with van der Waals surface area (Å²) in [6.07, 6.45) is 4.21. The van der Waals surface area contributed by atoms with Crippen molar-refractivity contribution in [2.45, 2.75) is 6.92 Å². The summed E-state index contributed by atoms with van der Waals surface area (Å²) in [7, 11) is 0. The first-order valence-corrected chi connectivity index (χ1v) is 11.7. The van der Waals surface area contributed by atoms with Crippen molar-refractivity contribution in [1.29, 1.82) is 0 Å². The van der Waals surface area contributed by atoms with Gasteiger partial charge in [-0.3, -0.25) is 14.4 Å². The highest BCUT2D eigenvalue weighted by Gasteiger charge is 2.62. The molecule has 1 saturated heterocycles. The number of rotatable bonds is 4. The number of ether oxygens (including phenoxy) is 1. The van der Waals surface area contributed by atoms with Gasteiger partial charge in [-0.05, 0) is 46.5 Å². The topological polar surface area (TPSA) is 63.7 Å². The summed E-state index contributed by atoms with van der Waals surface area (Å²) in [6.45, 7) is 1.33. The first-order valence-electron chi connectivity index (χ1n) is 11.7. The van der Waals surface area contributed by atoms with E-state index in [0.717, 1.165) is 22.3 Å². The van der Waals surface area contributed by atoms with Crippen molar-refractivity contribution in [3.8, 4) is 5.75 Å². The molecule has 2 amide bonds. The molecule has 3 aliphatic rings. The largest absolute Gasteiger partial charge is 0.427 e. The maximum Gasteiger partial charge on any atom is 0.308 e. The van der Waals surface area contributed by atoms with E-state index in [1.165, 1.54) is 11.8 Å². The van der Waals surface area contributed by atoms with E-state index in [2.05, 4.69) is 36.4 Å². The molecule has 5 nitrogen and oxygen atoms in total. The Bertz CT molecular complexity index is 1310. The second-order valence-corrected chi connectivity index (χ2v) is 9.15. The van der Waals surface area contributed by atoms with Gasteiger partial charge in [-0.15, -0.1) is 0 Å². The second-order valence-electron chi connectivity index (χ2n) is 9.15. The number of imide groups is 1. The molecule has 6 rings (SSSR count). The number of amides is 2. The van der Waals surface area contributed by atoms with Crippen LogP contribution in [0.3, 0.4) is 0 Å². The van der Waals surface area contributed by atoms with Gasteiger partial charge in [-0.1, -0.05) is 72.8 Å². The van der Waals surface area contributed by atoms with E-state index in [4.69, 9.17) is 4.74 Å². The lowest BCUT2D eigenvalue weighted by Crippen LogP contribution is -2.33. The summed E-state index contributed by atoms with van der Waals surface area (Å²) >= 11 is 0. The summed E-state index contributed by atoms with van der Waals surface area (Å²) < 4.78 is 5.09. The Kier molecular flexibility index (Phi) is 4.99. The number of allylic oxidation sites excluding steroid dienone is 3. The third-order valence-electron chi connectivity index (χ3n) is 7.19. The summed E-state index contributed by atoms with van der Waals surface area (Å²) in [5.41, 5.74) is 4.94. The number of nitrogens with zero attached hydrogens (tertiary/aromatic N) is 1. The molecule has 3 aromatic rings. The number of hydrogen-bond donors (Lipinski definition) is 0. The van der Waals surface area contributed by atoms with Crippen LogP contribution in [0.2, 0.25) is 0 Å². The molecule has 2 fully saturated rings. The fourth-order valence-electron chi connectivity index (χ4n) is 5.89. The lowest BCUT2D eigenvalue weighted by Gasteiger charge is -2.21. The normalized spacial score (nSPS) is 24.1. The zero-order valence-corrected chi connectivity index (χ0v) is 19.1. The van der Waals surface area contributed by atoms with E-state index in [9.17, 15) is 14.4 Å². The number of anilines is 1. The van der Waals surface area contributed by atoms with Gasteiger partial charge in [0.25, 0.3) is 0 Å². The summed E-state index contributed by atoms with van der Waals surface area (Å²) in [4.78, 5) is 39.8. The van der Waals surface area contributed by atoms with Gasteiger partial charge in [-0.25, -0.2) is 4.90 Å². The molecule has 35 heavy (non-hydrogen) atoms. The van der Waals surface area contributed by atoms with Crippen molar-refractivity contribution in [2.75, 3.05) is 4.90 Å². The Morgan fingerprint density at radius 2 is 1.20 bits per heavy atom. The zero-order chi connectivity index (χ0) is 24.1. The van der Waals surface area contributed by atoms with Crippen LogP contribution in [-0.2, 0) is 14.4 Å². The van der Waals surface area contributed by atoms with Gasteiger partial charge in [0.1, 0.15) is 5.75 Å². The first kappa shape index (κ1) is 21.3. The van der Waals surface area contributed by atoms with Gasteiger partial charge in [0.05, 0.1) is 17.5 Å². The average molecular weight is 462 g/mol. The minimum Gasteiger partial charge on any atom is -0.427 e. The number of hydrogen-bond acceptors (Lipinski definition) is 4. The molecule has 1 aliphatic heterocycles. The van der Waals surface area contributed by atoms with E-state index in [-0.39, 0.29) is 23.7 Å². The molecule has 0 spiro atoms. The van der Waals surface area contributed by atoms with Crippen molar-refractivity contribution in [3.05, 3.63) is 114 Å². The summed E-state index contributed by atoms with van der Waals surface area (Å²) in [6, 6.07) is 26.9. The van der Waals surface area contributed by atoms with Crippen LogP contribution >= 0.6 is 0 Å². The smallest absolute Gasteiger partial charge is 0.308 e. The van der Waals surface area contributed by atoms with Crippen LogP contribution < -0.4 is 9.64 Å². The van der Waals surface area contributed by atoms with E-state index < -0.39 is 17.8 Å². The number of carbonyl (C=O) groups excluding carboxylic acids is 3. The van der Waals surface area contributed by atoms with Crippen LogP contribution in [-0.4, -0.2) is 17.8 Å². The highest BCUT2D eigenvalue weighted by molar-refractivity contribution is 6.23. The van der Waals surface area contributed by atoms with Gasteiger partial charge >= 0.3 is 5.97 Å². The Morgan fingerprint density at radius 1 is 0.714 bits per heavy atom. The predicted octanol–water partition coefficient (Wildman–Crippen LogP) is 5.04. The van der Waals surface area contributed by atoms with Crippen LogP contribution in [0.4, 0.5) is 5.69 Å². The molecular formula is C30H23NO4. The van der Waals surface area contributed by atoms with Crippen molar-refractivity contribution in [2.24, 2.45) is 23.7 Å². The van der Waals surface area contributed by atoms with E-state index >= 15 is 0 Å². The lowest BCUT2D eigenvalue weighted by molar-refractivity contribution is -0.132. The molecule has 0 N–H and O–H groups in total. The number of esters is 1. The first-order chi connectivity index (χ1) is 17.0. The molecule has 1 heterocycles. The second kappa shape index (κ2) is 8.20. The van der Waals surface area contributed by atoms with E-state index in [0.29, 0.717) is 11.4 Å². The van der Waals surface area contributed by atoms with E-state index in [1.54, 1.807) is 24.3 Å². The Hall–Kier alpha value is -4.25. The lowest BCUT2D eigenvalue weighted by atomic mass is 9.85. The minimum absolute atomic E-state index is 0.123. The van der Waals surface area contributed by atoms with Gasteiger partial charge in [0.2, 0.25) is 11.8 Å². The fraction of sp³-hybridized carbons (Fsp3) is 0.167. The SMILES string of the molecule is CC(=O)Oc1ccc(N2C(=O)[C@@H]3[C@H](C2=O)[C@@H]2C=C[C@@H]3C2=C(c2ccccc2)c2ccccc2)cc1. The van der Waals surface area contributed by atoms with Crippen LogP contribution in [0, 0.1) is 23.7 Å². The maximum absolute atomic E-state index is 13.7. The van der Waals surface area contributed by atoms with Gasteiger partial charge in [0.15, 0.2) is 0 Å². The minimum atomic E-state index is -0.421. The number of carbonyl (C=O) groups is 3. The number of benzene rings is 3. The average Bonchev–Trinajstić information content (AvgIpc) is 3.50. The molecule has 2 aliphatic carbocycles. The molecule has 3 aromatic carbocycles. The highest BCUT2D eigenvalue weighted by atomic mass is 16.5. The Balaban J connectivity index is 1.41. The number of fused-ring (bicyclic) bond motifs is 5. The van der Waals surface area contributed by atoms with Crippen molar-refractivity contribution < 1.29 is 19.1 Å². The van der Waals surface area contributed by atoms with Crippen LogP contribution in [0.5, 0.6) is 5.75 Å². The van der Waals surface area contributed by atoms with Crippen molar-refractivity contribution >= 4 is 29.0 Å². The molecular weight excluding hydrogens is 438 g/mol. The third kappa shape index (κ3) is 3.35. The van der Waals surface area contributed by atoms with E-state index in [1.807, 2.05) is 36.4 Å². The Labute approximate surface area is 203 Å².